The molecule has 2 aromatic rings. The highest BCUT2D eigenvalue weighted by Crippen LogP contribution is 2.44. The molecule has 1 saturated heterocycles. The molecule has 148 valence electrons. The van der Waals surface area contributed by atoms with E-state index in [1.54, 1.807) is 0 Å². The predicted molar refractivity (Wildman–Crippen MR) is 110 cm³/mol. The van der Waals surface area contributed by atoms with Gasteiger partial charge in [-0.05, 0) is 35.6 Å². The maximum absolute atomic E-state index is 12.3. The molecular weight excluding hydrogens is 352 g/mol. The van der Waals surface area contributed by atoms with Crippen LogP contribution in [0.3, 0.4) is 0 Å². The molecule has 2 aromatic carbocycles. The van der Waals surface area contributed by atoms with Crippen molar-refractivity contribution in [3.05, 3.63) is 59.7 Å². The van der Waals surface area contributed by atoms with Gasteiger partial charge in [-0.1, -0.05) is 48.5 Å². The number of alkyl carbamates (subject to hydrolysis) is 1. The van der Waals surface area contributed by atoms with E-state index in [0.717, 1.165) is 39.3 Å². The Morgan fingerprint density at radius 2 is 1.71 bits per heavy atom. The van der Waals surface area contributed by atoms with E-state index in [4.69, 9.17) is 9.47 Å². The molecule has 2 aliphatic rings. The van der Waals surface area contributed by atoms with E-state index in [0.29, 0.717) is 6.61 Å². The van der Waals surface area contributed by atoms with Crippen molar-refractivity contribution in [3.8, 4) is 11.1 Å². The summed E-state index contributed by atoms with van der Waals surface area (Å²) in [5.41, 5.74) is 4.95. The lowest BCUT2D eigenvalue weighted by atomic mass is 9.98. The van der Waals surface area contributed by atoms with Gasteiger partial charge in [-0.15, -0.1) is 0 Å². The van der Waals surface area contributed by atoms with Crippen LogP contribution in [-0.2, 0) is 9.47 Å². The minimum atomic E-state index is -0.337. The first-order valence-corrected chi connectivity index (χ1v) is 10.1. The zero-order chi connectivity index (χ0) is 19.3. The molecule has 0 unspecified atom stereocenters. The van der Waals surface area contributed by atoms with Crippen molar-refractivity contribution in [2.45, 2.75) is 25.3 Å². The van der Waals surface area contributed by atoms with Crippen LogP contribution in [0, 0.1) is 0 Å². The van der Waals surface area contributed by atoms with Gasteiger partial charge >= 0.3 is 6.09 Å². The number of carbonyl (C=O) groups excluding carboxylic acids is 1. The van der Waals surface area contributed by atoms with Crippen molar-refractivity contribution in [1.82, 2.24) is 10.2 Å². The zero-order valence-electron chi connectivity index (χ0n) is 16.4. The zero-order valence-corrected chi connectivity index (χ0v) is 16.4. The van der Waals surface area contributed by atoms with Crippen LogP contribution in [0.1, 0.15) is 30.4 Å². The van der Waals surface area contributed by atoms with E-state index in [9.17, 15) is 4.79 Å². The summed E-state index contributed by atoms with van der Waals surface area (Å²) in [6, 6.07) is 16.8. The third kappa shape index (κ3) is 4.21. The molecule has 0 bridgehead atoms. The molecule has 4 rings (SSSR count). The fourth-order valence-corrected chi connectivity index (χ4v) is 4.11. The molecule has 0 spiro atoms. The van der Waals surface area contributed by atoms with Crippen LogP contribution < -0.4 is 5.32 Å². The van der Waals surface area contributed by atoms with E-state index in [2.05, 4.69) is 46.6 Å². The molecule has 0 saturated carbocycles. The summed E-state index contributed by atoms with van der Waals surface area (Å²) in [4.78, 5) is 14.7. The number of nitrogens with zero attached hydrogens (tertiary/aromatic N) is 1. The molecule has 1 amide bonds. The highest BCUT2D eigenvalue weighted by Gasteiger charge is 2.29. The molecule has 1 heterocycles. The smallest absolute Gasteiger partial charge is 0.407 e. The van der Waals surface area contributed by atoms with Crippen LogP contribution in [0.15, 0.2) is 48.5 Å². The van der Waals surface area contributed by atoms with Gasteiger partial charge < -0.3 is 14.8 Å². The largest absolute Gasteiger partial charge is 0.449 e. The molecule has 1 aliphatic heterocycles. The molecule has 1 fully saturated rings. The second kappa shape index (κ2) is 8.76. The second-order valence-electron chi connectivity index (χ2n) is 7.61. The van der Waals surface area contributed by atoms with Crippen molar-refractivity contribution in [2.75, 3.05) is 39.5 Å². The summed E-state index contributed by atoms with van der Waals surface area (Å²) in [7, 11) is 0. The Morgan fingerprint density at radius 3 is 2.36 bits per heavy atom. The number of benzene rings is 2. The van der Waals surface area contributed by atoms with Crippen molar-refractivity contribution >= 4 is 6.09 Å². The first-order chi connectivity index (χ1) is 13.7. The Kier molecular flexibility index (Phi) is 5.93. The van der Waals surface area contributed by atoms with Gasteiger partial charge in [0, 0.05) is 31.6 Å². The predicted octanol–water partition coefficient (Wildman–Crippen LogP) is 3.64. The highest BCUT2D eigenvalue weighted by atomic mass is 16.5. The molecule has 1 aliphatic carbocycles. The summed E-state index contributed by atoms with van der Waals surface area (Å²) >= 11 is 0. The summed E-state index contributed by atoms with van der Waals surface area (Å²) < 4.78 is 11.0. The Hall–Kier alpha value is -2.37. The van der Waals surface area contributed by atoms with Crippen LogP contribution in [0.5, 0.6) is 0 Å². The van der Waals surface area contributed by atoms with Gasteiger partial charge in [0.2, 0.25) is 0 Å². The van der Waals surface area contributed by atoms with Gasteiger partial charge in [0.1, 0.15) is 6.61 Å². The van der Waals surface area contributed by atoms with Crippen LogP contribution in [-0.4, -0.2) is 56.5 Å². The number of carbonyl (C=O) groups is 1. The summed E-state index contributed by atoms with van der Waals surface area (Å²) in [5, 5.41) is 2.97. The van der Waals surface area contributed by atoms with Gasteiger partial charge in [-0.3, -0.25) is 4.90 Å². The number of nitrogens with one attached hydrogen (secondary N) is 1. The highest BCUT2D eigenvalue weighted by molar-refractivity contribution is 5.79. The van der Waals surface area contributed by atoms with Crippen LogP contribution in [0.4, 0.5) is 4.79 Å². The van der Waals surface area contributed by atoms with Crippen molar-refractivity contribution in [2.24, 2.45) is 0 Å². The summed E-state index contributed by atoms with van der Waals surface area (Å²) in [6.45, 7) is 6.89. The fourth-order valence-electron chi connectivity index (χ4n) is 4.11. The Labute approximate surface area is 166 Å². The third-order valence-corrected chi connectivity index (χ3v) is 5.69. The molecule has 0 radical (unpaired) electrons. The van der Waals surface area contributed by atoms with Crippen LogP contribution in [0.25, 0.3) is 11.1 Å². The van der Waals surface area contributed by atoms with E-state index in [-0.39, 0.29) is 18.1 Å². The second-order valence-corrected chi connectivity index (χ2v) is 7.61. The van der Waals surface area contributed by atoms with Crippen LogP contribution >= 0.6 is 0 Å². The quantitative estimate of drug-likeness (QED) is 0.831. The standard InChI is InChI=1S/C23H28N2O3/c1-17(10-11-25-12-14-27-15-13-25)24-23(26)28-16-22-20-8-4-2-6-18(20)19-7-3-5-9-21(19)22/h2-9,17,22H,10-16H2,1H3,(H,24,26)/t17-/m0/s1. The summed E-state index contributed by atoms with van der Waals surface area (Å²) in [5.74, 6) is 0.0989. The van der Waals surface area contributed by atoms with E-state index < -0.39 is 0 Å². The monoisotopic (exact) mass is 380 g/mol. The third-order valence-electron chi connectivity index (χ3n) is 5.69. The lowest BCUT2D eigenvalue weighted by Crippen LogP contribution is -2.40. The average molecular weight is 380 g/mol. The van der Waals surface area contributed by atoms with Crippen molar-refractivity contribution < 1.29 is 14.3 Å². The molecular formula is C23H28N2O3. The van der Waals surface area contributed by atoms with Gasteiger partial charge in [-0.25, -0.2) is 4.79 Å². The van der Waals surface area contributed by atoms with E-state index in [1.807, 2.05) is 19.1 Å². The summed E-state index contributed by atoms with van der Waals surface area (Å²) in [6.07, 6.45) is 0.570. The topological polar surface area (TPSA) is 50.8 Å². The maximum atomic E-state index is 12.3. The first-order valence-electron chi connectivity index (χ1n) is 10.1. The van der Waals surface area contributed by atoms with Gasteiger partial charge in [-0.2, -0.15) is 0 Å². The fraction of sp³-hybridized carbons (Fsp3) is 0.435. The number of hydrogen-bond donors (Lipinski definition) is 1. The van der Waals surface area contributed by atoms with Gasteiger partial charge in [0.05, 0.1) is 13.2 Å². The van der Waals surface area contributed by atoms with Crippen molar-refractivity contribution in [1.29, 1.82) is 0 Å². The molecule has 5 heteroatoms. The van der Waals surface area contributed by atoms with Crippen molar-refractivity contribution in [3.63, 3.8) is 0 Å². The molecule has 28 heavy (non-hydrogen) atoms. The number of fused-ring (bicyclic) bond motifs is 3. The minimum absolute atomic E-state index is 0.0819. The lowest BCUT2D eigenvalue weighted by Gasteiger charge is -2.27. The number of morpholine rings is 1. The normalized spacial score (nSPS) is 17.6. The molecule has 1 atom stereocenters. The van der Waals surface area contributed by atoms with Crippen LogP contribution in [0.2, 0.25) is 0 Å². The van der Waals surface area contributed by atoms with E-state index in [1.165, 1.54) is 22.3 Å². The Balaban J connectivity index is 1.30. The van der Waals surface area contributed by atoms with Gasteiger partial charge in [0.15, 0.2) is 0 Å². The average Bonchev–Trinajstić information content (AvgIpc) is 3.05. The maximum Gasteiger partial charge on any atom is 0.407 e. The molecule has 1 N–H and O–H groups in total. The number of amides is 1. The molecule has 5 nitrogen and oxygen atoms in total. The number of rotatable bonds is 6. The molecule has 0 aromatic heterocycles. The van der Waals surface area contributed by atoms with Gasteiger partial charge in [0.25, 0.3) is 0 Å². The van der Waals surface area contributed by atoms with E-state index >= 15 is 0 Å². The number of ether oxygens (including phenoxy) is 2. The number of hydrogen-bond acceptors (Lipinski definition) is 4. The lowest BCUT2D eigenvalue weighted by molar-refractivity contribution is 0.0362. The Bertz CT molecular complexity index is 771. The Morgan fingerprint density at radius 1 is 1.11 bits per heavy atom. The minimum Gasteiger partial charge on any atom is -0.449 e. The SMILES string of the molecule is C[C@@H](CCN1CCOCC1)NC(=O)OCC1c2ccccc2-c2ccccc21. The first kappa shape index (κ1) is 19.0.